The topological polar surface area (TPSA) is 80.5 Å². The number of nitrogens with one attached hydrogen (secondary N) is 1. The monoisotopic (exact) mass is 388 g/mol. The van der Waals surface area contributed by atoms with Gasteiger partial charge in [-0.15, -0.1) is 0 Å². The summed E-state index contributed by atoms with van der Waals surface area (Å²) in [6, 6.07) is 3.41. The molecule has 6 nitrogen and oxygen atoms in total. The van der Waals surface area contributed by atoms with Crippen molar-refractivity contribution in [1.82, 2.24) is 15.4 Å². The van der Waals surface area contributed by atoms with Crippen LogP contribution in [0.15, 0.2) is 37.8 Å². The molecule has 7 heteroatoms. The number of amides is 1. The number of anilines is 1. The molecule has 2 aliphatic rings. The minimum atomic E-state index is -2.71. The molecular weight excluding hydrogens is 371 g/mol. The van der Waals surface area contributed by atoms with Gasteiger partial charge in [0.1, 0.15) is 0 Å². The van der Waals surface area contributed by atoms with Crippen LogP contribution < -0.4 is 15.9 Å². The van der Waals surface area contributed by atoms with E-state index in [1.807, 2.05) is 21.0 Å². The Balaban J connectivity index is 1.64. The van der Waals surface area contributed by atoms with Gasteiger partial charge < -0.3 is 0 Å². The Morgan fingerprint density at radius 3 is 3.00 bits per heavy atom. The molecule has 0 bridgehead atoms. The third kappa shape index (κ3) is 3.59. The molecule has 0 radical (unpaired) electrons. The van der Waals surface area contributed by atoms with E-state index in [1.165, 1.54) is 0 Å². The Labute approximate surface area is 131 Å². The Kier molecular flexibility index (Phi) is 4.50. The van der Waals surface area contributed by atoms with Crippen molar-refractivity contribution in [2.45, 2.75) is 12.8 Å². The summed E-state index contributed by atoms with van der Waals surface area (Å²) in [5, 5.41) is 2.01. The van der Waals surface area contributed by atoms with Crippen molar-refractivity contribution >= 4 is 30.9 Å². The molecule has 1 amide bonds. The number of pyridine rings is 1. The maximum absolute atomic E-state index is 12.4. The standard InChI is InChI=1S/C9H8N2O.C5H9N2O.In/c1-2-3-6-12-8-4-5-11-9(10)7-8;8-5-6-7-3-1-2-4-7;/h1-5,7H,(H2,10,11);1-4H2,(H,6,8);. The number of aromatic nitrogens is 1. The molecule has 0 aliphatic carbocycles. The number of hydrazine groups is 1. The molecular formula is C14H17InN4O2. The molecule has 2 aliphatic heterocycles. The number of carbonyl (C=O) groups is 1. The summed E-state index contributed by atoms with van der Waals surface area (Å²) in [6.07, 6.45) is 7.70. The van der Waals surface area contributed by atoms with E-state index in [0.29, 0.717) is 11.6 Å². The fourth-order valence-electron chi connectivity index (χ4n) is 2.46. The second-order valence-electron chi connectivity index (χ2n) is 5.12. The van der Waals surface area contributed by atoms with Gasteiger partial charge in [0.05, 0.1) is 0 Å². The summed E-state index contributed by atoms with van der Waals surface area (Å²) >= 11 is -2.71. The number of nitrogens with zero attached hydrogens (tertiary/aromatic N) is 2. The third-order valence-corrected chi connectivity index (χ3v) is 9.86. The van der Waals surface area contributed by atoms with E-state index in [0.717, 1.165) is 29.4 Å². The molecule has 3 N–H and O–H groups in total. The SMILES string of the molecule is Nc1cc(O[C]2=CC=[CH][In]2[C](=O)NN2CCCC2)ccn1. The van der Waals surface area contributed by atoms with Gasteiger partial charge >= 0.3 is 131 Å². The zero-order valence-corrected chi connectivity index (χ0v) is 15.0. The first-order valence-electron chi connectivity index (χ1n) is 7.05. The average molecular weight is 388 g/mol. The Morgan fingerprint density at radius 2 is 2.24 bits per heavy atom. The van der Waals surface area contributed by atoms with Gasteiger partial charge in [-0.3, -0.25) is 0 Å². The fraction of sp³-hybridized carbons (Fsp3) is 0.286. The molecule has 3 heterocycles. The number of allylic oxidation sites excluding steroid dienone is 2. The van der Waals surface area contributed by atoms with E-state index in [2.05, 4.69) is 10.4 Å². The molecule has 1 aromatic heterocycles. The Hall–Kier alpha value is -1.47. The van der Waals surface area contributed by atoms with Crippen LogP contribution in [0.3, 0.4) is 0 Å². The van der Waals surface area contributed by atoms with Crippen LogP contribution in [0, 0.1) is 0 Å². The van der Waals surface area contributed by atoms with E-state index in [9.17, 15) is 4.79 Å². The van der Waals surface area contributed by atoms with Crippen LogP contribution in [0.1, 0.15) is 12.8 Å². The minimum absolute atomic E-state index is 0.140. The van der Waals surface area contributed by atoms with Crippen LogP contribution >= 0.6 is 0 Å². The number of nitrogens with two attached hydrogens (primary N) is 1. The molecule has 21 heavy (non-hydrogen) atoms. The fourth-order valence-corrected chi connectivity index (χ4v) is 7.76. The molecule has 0 aromatic carbocycles. The second kappa shape index (κ2) is 6.53. The van der Waals surface area contributed by atoms with Gasteiger partial charge in [0.2, 0.25) is 0 Å². The normalized spacial score (nSPS) is 17.9. The summed E-state index contributed by atoms with van der Waals surface area (Å²) in [5.74, 6) is 1.04. The zero-order valence-electron chi connectivity index (χ0n) is 11.7. The van der Waals surface area contributed by atoms with E-state index < -0.39 is 21.4 Å². The molecule has 1 aromatic rings. The third-order valence-electron chi connectivity index (χ3n) is 3.52. The van der Waals surface area contributed by atoms with Crippen LogP contribution in [0.2, 0.25) is 0 Å². The summed E-state index contributed by atoms with van der Waals surface area (Å²) in [6.45, 7) is 1.88. The molecule has 0 spiro atoms. The van der Waals surface area contributed by atoms with Gasteiger partial charge in [-0.05, 0) is 0 Å². The first kappa shape index (κ1) is 14.5. The van der Waals surface area contributed by atoms with E-state index in [1.54, 1.807) is 18.3 Å². The summed E-state index contributed by atoms with van der Waals surface area (Å²) in [4.78, 5) is 16.3. The van der Waals surface area contributed by atoms with Crippen molar-refractivity contribution in [2.24, 2.45) is 0 Å². The Bertz CT molecular complexity index is 596. The molecule has 0 unspecified atom stereocenters. The van der Waals surface area contributed by atoms with Gasteiger partial charge in [-0.1, -0.05) is 0 Å². The maximum atomic E-state index is 12.4. The number of nitrogen functional groups attached to an aromatic ring is 1. The van der Waals surface area contributed by atoms with Gasteiger partial charge in [-0.25, -0.2) is 0 Å². The number of hydrogen-bond donors (Lipinski definition) is 2. The molecule has 3 rings (SSSR count). The quantitative estimate of drug-likeness (QED) is 0.815. The van der Waals surface area contributed by atoms with Crippen LogP contribution in [-0.2, 0) is 0 Å². The van der Waals surface area contributed by atoms with Crippen molar-refractivity contribution in [3.63, 3.8) is 0 Å². The summed E-state index contributed by atoms with van der Waals surface area (Å²) < 4.78 is 8.83. The number of carbonyl (C=O) groups excluding carboxylic acids is 1. The van der Waals surface area contributed by atoms with Crippen LogP contribution in [0.4, 0.5) is 10.6 Å². The van der Waals surface area contributed by atoms with Crippen molar-refractivity contribution < 1.29 is 9.53 Å². The first-order chi connectivity index (χ1) is 10.2. The average Bonchev–Trinajstić information content (AvgIpc) is 3.10. The predicted octanol–water partition coefficient (Wildman–Crippen LogP) is 1.37. The van der Waals surface area contributed by atoms with Gasteiger partial charge in [0.25, 0.3) is 0 Å². The molecule has 0 saturated carbocycles. The predicted molar refractivity (Wildman–Crippen MR) is 81.6 cm³/mol. The van der Waals surface area contributed by atoms with Crippen LogP contribution in [0.5, 0.6) is 5.75 Å². The van der Waals surface area contributed by atoms with E-state index in [4.69, 9.17) is 10.5 Å². The van der Waals surface area contributed by atoms with E-state index in [-0.39, 0.29) is 3.66 Å². The molecule has 1 fully saturated rings. The van der Waals surface area contributed by atoms with Gasteiger partial charge in [0.15, 0.2) is 0 Å². The van der Waals surface area contributed by atoms with Crippen molar-refractivity contribution in [2.75, 3.05) is 18.8 Å². The van der Waals surface area contributed by atoms with Crippen molar-refractivity contribution in [3.8, 4) is 5.75 Å². The summed E-state index contributed by atoms with van der Waals surface area (Å²) in [7, 11) is 0. The van der Waals surface area contributed by atoms with Gasteiger partial charge in [0, 0.05) is 0 Å². The van der Waals surface area contributed by atoms with Crippen molar-refractivity contribution in [1.29, 1.82) is 0 Å². The number of rotatable bonds is 4. The van der Waals surface area contributed by atoms with Crippen LogP contribution in [-0.4, -0.2) is 48.2 Å². The van der Waals surface area contributed by atoms with Gasteiger partial charge in [-0.2, -0.15) is 0 Å². The molecule has 108 valence electrons. The summed E-state index contributed by atoms with van der Waals surface area (Å²) in [5.41, 5.74) is 8.67. The first-order valence-corrected chi connectivity index (χ1v) is 12.3. The number of ether oxygens (including phenoxy) is 1. The zero-order chi connectivity index (χ0) is 14.7. The van der Waals surface area contributed by atoms with Crippen molar-refractivity contribution in [3.05, 3.63) is 37.8 Å². The van der Waals surface area contributed by atoms with E-state index >= 15 is 0 Å². The second-order valence-corrected chi connectivity index (χ2v) is 12.1. The van der Waals surface area contributed by atoms with Crippen LogP contribution in [0.25, 0.3) is 0 Å². The number of hydrogen-bond acceptors (Lipinski definition) is 5. The Morgan fingerprint density at radius 1 is 1.43 bits per heavy atom. The molecule has 0 atom stereocenters. The molecule has 1 saturated heterocycles.